The summed E-state index contributed by atoms with van der Waals surface area (Å²) in [5.41, 5.74) is 8.88. The van der Waals surface area contributed by atoms with Gasteiger partial charge in [0.25, 0.3) is 0 Å². The third kappa shape index (κ3) is 1.49. The smallest absolute Gasteiger partial charge is 0.0416 e. The van der Waals surface area contributed by atoms with E-state index in [1.54, 1.807) is 0 Å². The monoisotopic (exact) mass is 193 g/mol. The molecule has 0 amide bonds. The van der Waals surface area contributed by atoms with E-state index in [2.05, 4.69) is 38.1 Å². The van der Waals surface area contributed by atoms with E-state index in [9.17, 15) is 0 Å². The minimum absolute atomic E-state index is 0.206. The zero-order valence-corrected chi connectivity index (χ0v) is 8.84. The summed E-state index contributed by atoms with van der Waals surface area (Å²) in [7, 11) is 0. The van der Waals surface area contributed by atoms with Crippen molar-refractivity contribution in [2.24, 2.45) is 5.73 Å². The van der Waals surface area contributed by atoms with Crippen molar-refractivity contribution in [2.75, 3.05) is 0 Å². The van der Waals surface area contributed by atoms with Crippen LogP contribution in [-0.2, 0) is 0 Å². The Morgan fingerprint density at radius 1 is 1.15 bits per heavy atom. The van der Waals surface area contributed by atoms with Crippen LogP contribution in [0.4, 0.5) is 0 Å². The second-order valence-corrected chi connectivity index (χ2v) is 5.36. The molecule has 0 aliphatic carbocycles. The summed E-state index contributed by atoms with van der Waals surface area (Å²) in [5, 5.41) is 1.12. The van der Waals surface area contributed by atoms with Gasteiger partial charge in [0.1, 0.15) is 0 Å². The van der Waals surface area contributed by atoms with E-state index in [1.165, 1.54) is 11.1 Å². The van der Waals surface area contributed by atoms with E-state index in [1.807, 2.05) is 11.8 Å². The highest BCUT2D eigenvalue weighted by molar-refractivity contribution is 8.00. The van der Waals surface area contributed by atoms with Crippen LogP contribution in [0.2, 0.25) is 0 Å². The zero-order chi connectivity index (χ0) is 9.42. The molecule has 0 aromatic heterocycles. The maximum atomic E-state index is 6.13. The third-order valence-corrected chi connectivity index (χ3v) is 4.10. The lowest BCUT2D eigenvalue weighted by atomic mass is 9.96. The van der Waals surface area contributed by atoms with Gasteiger partial charge < -0.3 is 5.73 Å². The molecule has 1 aliphatic rings. The molecule has 1 heterocycles. The van der Waals surface area contributed by atoms with E-state index >= 15 is 0 Å². The fourth-order valence-electron chi connectivity index (χ4n) is 1.92. The Hall–Kier alpha value is -0.470. The van der Waals surface area contributed by atoms with Crippen LogP contribution in [-0.4, -0.2) is 5.25 Å². The van der Waals surface area contributed by atoms with E-state index < -0.39 is 0 Å². The molecule has 13 heavy (non-hydrogen) atoms. The van der Waals surface area contributed by atoms with Crippen molar-refractivity contribution in [1.29, 1.82) is 0 Å². The molecule has 0 saturated heterocycles. The first kappa shape index (κ1) is 9.10. The highest BCUT2D eigenvalue weighted by Gasteiger charge is 2.27. The van der Waals surface area contributed by atoms with Crippen molar-refractivity contribution in [1.82, 2.24) is 0 Å². The van der Waals surface area contributed by atoms with E-state index in [4.69, 9.17) is 5.73 Å². The van der Waals surface area contributed by atoms with Gasteiger partial charge in [0, 0.05) is 16.5 Å². The Morgan fingerprint density at radius 2 is 1.77 bits per heavy atom. The molecule has 0 bridgehead atoms. The van der Waals surface area contributed by atoms with Crippen molar-refractivity contribution < 1.29 is 0 Å². The molecular formula is C11H15NS. The van der Waals surface area contributed by atoms with Crippen molar-refractivity contribution in [3.63, 3.8) is 0 Å². The van der Waals surface area contributed by atoms with E-state index in [0.717, 1.165) is 0 Å². The Balaban J connectivity index is 2.47. The second-order valence-electron chi connectivity index (χ2n) is 3.64. The highest BCUT2D eigenvalue weighted by atomic mass is 32.2. The summed E-state index contributed by atoms with van der Waals surface area (Å²) in [6.45, 7) is 4.47. The summed E-state index contributed by atoms with van der Waals surface area (Å²) in [4.78, 5) is 0. The number of fused-ring (bicyclic) bond motifs is 1. The van der Waals surface area contributed by atoms with Gasteiger partial charge >= 0.3 is 0 Å². The minimum atomic E-state index is 0.206. The van der Waals surface area contributed by atoms with Gasteiger partial charge in [0.15, 0.2) is 0 Å². The molecule has 1 aliphatic heterocycles. The molecule has 0 radical (unpaired) electrons. The molecule has 1 aromatic rings. The predicted molar refractivity (Wildman–Crippen MR) is 58.8 cm³/mol. The van der Waals surface area contributed by atoms with Gasteiger partial charge in [-0.2, -0.15) is 0 Å². The first-order valence-corrected chi connectivity index (χ1v) is 5.64. The lowest BCUT2D eigenvalue weighted by Crippen LogP contribution is -2.27. The van der Waals surface area contributed by atoms with Crippen LogP contribution in [0.3, 0.4) is 0 Å². The number of hydrogen-bond acceptors (Lipinski definition) is 2. The maximum Gasteiger partial charge on any atom is 0.0416 e. The first-order valence-electron chi connectivity index (χ1n) is 4.70. The van der Waals surface area contributed by atoms with Crippen LogP contribution in [0.25, 0.3) is 0 Å². The van der Waals surface area contributed by atoms with Crippen molar-refractivity contribution >= 4 is 11.8 Å². The number of nitrogens with two attached hydrogens (primary N) is 1. The molecular weight excluding hydrogens is 178 g/mol. The second kappa shape index (κ2) is 3.35. The molecule has 1 aromatic carbocycles. The lowest BCUT2D eigenvalue weighted by molar-refractivity contribution is 0.686. The third-order valence-electron chi connectivity index (χ3n) is 2.72. The molecule has 2 N–H and O–H groups in total. The molecule has 3 atom stereocenters. The summed E-state index contributed by atoms with van der Waals surface area (Å²) in [6, 6.07) is 8.73. The van der Waals surface area contributed by atoms with Crippen LogP contribution < -0.4 is 5.73 Å². The average Bonchev–Trinajstić information content (AvgIpc) is 2.15. The number of thioether (sulfide) groups is 1. The molecule has 70 valence electrons. The van der Waals surface area contributed by atoms with Crippen molar-refractivity contribution in [3.05, 3.63) is 35.4 Å². The first-order chi connectivity index (χ1) is 6.20. The van der Waals surface area contributed by atoms with Gasteiger partial charge in [-0.25, -0.2) is 0 Å². The Labute approximate surface area is 83.7 Å². The largest absolute Gasteiger partial charge is 0.323 e. The molecule has 3 unspecified atom stereocenters. The van der Waals surface area contributed by atoms with Crippen LogP contribution in [0.15, 0.2) is 24.3 Å². The van der Waals surface area contributed by atoms with Crippen LogP contribution >= 0.6 is 11.8 Å². The number of rotatable bonds is 0. The van der Waals surface area contributed by atoms with Gasteiger partial charge in [-0.15, -0.1) is 11.8 Å². The van der Waals surface area contributed by atoms with Gasteiger partial charge in [0.05, 0.1) is 0 Å². The molecule has 2 rings (SSSR count). The fourth-order valence-corrected chi connectivity index (χ4v) is 3.24. The Bertz CT molecular complexity index is 311. The predicted octanol–water partition coefficient (Wildman–Crippen LogP) is 2.88. The summed E-state index contributed by atoms with van der Waals surface area (Å²) in [5.74, 6) is 0. The summed E-state index contributed by atoms with van der Waals surface area (Å²) >= 11 is 1.97. The quantitative estimate of drug-likeness (QED) is 0.685. The molecule has 0 saturated carbocycles. The SMILES string of the molecule is CC1SC(C)C(N)c2ccccc21. The van der Waals surface area contributed by atoms with Crippen molar-refractivity contribution in [3.8, 4) is 0 Å². The van der Waals surface area contributed by atoms with Gasteiger partial charge in [-0.05, 0) is 18.1 Å². The summed E-state index contributed by atoms with van der Waals surface area (Å²) in [6.07, 6.45) is 0. The van der Waals surface area contributed by atoms with Crippen LogP contribution in [0.5, 0.6) is 0 Å². The standard InChI is InChI=1S/C11H15NS/c1-7-9-5-3-4-6-10(9)11(12)8(2)13-7/h3-8,11H,12H2,1-2H3. The molecule has 2 heteroatoms. The Kier molecular flexibility index (Phi) is 2.35. The Morgan fingerprint density at radius 3 is 2.46 bits per heavy atom. The van der Waals surface area contributed by atoms with Gasteiger partial charge in [0.2, 0.25) is 0 Å². The number of hydrogen-bond donors (Lipinski definition) is 1. The van der Waals surface area contributed by atoms with Gasteiger partial charge in [-0.1, -0.05) is 31.2 Å². The van der Waals surface area contributed by atoms with Crippen molar-refractivity contribution in [2.45, 2.75) is 30.4 Å². The van der Waals surface area contributed by atoms with E-state index in [-0.39, 0.29) is 6.04 Å². The topological polar surface area (TPSA) is 26.0 Å². The van der Waals surface area contributed by atoms with E-state index in [0.29, 0.717) is 10.5 Å². The number of benzene rings is 1. The maximum absolute atomic E-state index is 6.13. The average molecular weight is 193 g/mol. The normalized spacial score (nSPS) is 32.7. The lowest BCUT2D eigenvalue weighted by Gasteiger charge is -2.32. The molecule has 0 spiro atoms. The minimum Gasteiger partial charge on any atom is -0.323 e. The highest BCUT2D eigenvalue weighted by Crippen LogP contribution is 2.44. The molecule has 0 fully saturated rings. The van der Waals surface area contributed by atoms with Crippen LogP contribution in [0, 0.1) is 0 Å². The molecule has 1 nitrogen and oxygen atoms in total. The summed E-state index contributed by atoms with van der Waals surface area (Å²) < 4.78 is 0. The van der Waals surface area contributed by atoms with Gasteiger partial charge in [-0.3, -0.25) is 0 Å². The van der Waals surface area contributed by atoms with Crippen LogP contribution in [0.1, 0.15) is 36.3 Å². The zero-order valence-electron chi connectivity index (χ0n) is 8.03. The fraction of sp³-hybridized carbons (Fsp3) is 0.455.